The standard InChI is InChI=1S/C14H29NO2/c1-6-8-9-10-15(12(3)4)11-14(5,7-2)13(16)17/h12H,6-11H2,1-5H3,(H,16,17). The molecule has 0 spiro atoms. The van der Waals surface area contributed by atoms with Crippen LogP contribution < -0.4 is 0 Å². The van der Waals surface area contributed by atoms with Crippen LogP contribution in [0.4, 0.5) is 0 Å². The number of carboxylic acid groups (broad SMARTS) is 1. The van der Waals surface area contributed by atoms with Crippen LogP contribution in [0, 0.1) is 5.41 Å². The summed E-state index contributed by atoms with van der Waals surface area (Å²) in [5, 5.41) is 9.31. The van der Waals surface area contributed by atoms with Crippen LogP contribution in [0.1, 0.15) is 60.3 Å². The summed E-state index contributed by atoms with van der Waals surface area (Å²) in [6.45, 7) is 11.9. The Hall–Kier alpha value is -0.570. The van der Waals surface area contributed by atoms with E-state index in [-0.39, 0.29) is 0 Å². The fourth-order valence-corrected chi connectivity index (χ4v) is 1.86. The SMILES string of the molecule is CCCCCN(CC(C)(CC)C(=O)O)C(C)C. The first kappa shape index (κ1) is 16.4. The van der Waals surface area contributed by atoms with Gasteiger partial charge in [0, 0.05) is 12.6 Å². The van der Waals surface area contributed by atoms with Crippen LogP contribution in [0.2, 0.25) is 0 Å². The molecule has 0 fully saturated rings. The number of carboxylic acids is 1. The average molecular weight is 243 g/mol. The van der Waals surface area contributed by atoms with Gasteiger partial charge in [-0.2, -0.15) is 0 Å². The number of rotatable bonds is 9. The molecule has 0 bridgehead atoms. The summed E-state index contributed by atoms with van der Waals surface area (Å²) >= 11 is 0. The van der Waals surface area contributed by atoms with Crippen LogP contribution in [0.3, 0.4) is 0 Å². The van der Waals surface area contributed by atoms with Crippen molar-refractivity contribution in [2.45, 2.75) is 66.3 Å². The van der Waals surface area contributed by atoms with E-state index in [0.29, 0.717) is 19.0 Å². The molecule has 0 aliphatic heterocycles. The quantitative estimate of drug-likeness (QED) is 0.631. The zero-order chi connectivity index (χ0) is 13.5. The van der Waals surface area contributed by atoms with Crippen LogP contribution >= 0.6 is 0 Å². The first-order valence-corrected chi connectivity index (χ1v) is 6.84. The number of nitrogens with zero attached hydrogens (tertiary/aromatic N) is 1. The highest BCUT2D eigenvalue weighted by atomic mass is 16.4. The Morgan fingerprint density at radius 3 is 2.24 bits per heavy atom. The minimum atomic E-state index is -0.679. The summed E-state index contributed by atoms with van der Waals surface area (Å²) in [5.74, 6) is -0.679. The van der Waals surface area contributed by atoms with Gasteiger partial charge in [0.2, 0.25) is 0 Å². The minimum absolute atomic E-state index is 0.414. The van der Waals surface area contributed by atoms with Gasteiger partial charge < -0.3 is 5.11 Å². The number of aliphatic carboxylic acids is 1. The molecule has 1 atom stereocenters. The van der Waals surface area contributed by atoms with Crippen molar-refractivity contribution in [3.05, 3.63) is 0 Å². The van der Waals surface area contributed by atoms with Gasteiger partial charge in [-0.3, -0.25) is 9.69 Å². The first-order valence-electron chi connectivity index (χ1n) is 6.84. The van der Waals surface area contributed by atoms with Crippen molar-refractivity contribution in [2.75, 3.05) is 13.1 Å². The molecule has 0 aliphatic carbocycles. The smallest absolute Gasteiger partial charge is 0.310 e. The molecule has 0 radical (unpaired) electrons. The fraction of sp³-hybridized carbons (Fsp3) is 0.929. The number of hydrogen-bond acceptors (Lipinski definition) is 2. The molecule has 0 saturated heterocycles. The minimum Gasteiger partial charge on any atom is -0.481 e. The highest BCUT2D eigenvalue weighted by molar-refractivity contribution is 5.74. The predicted molar refractivity (Wildman–Crippen MR) is 72.3 cm³/mol. The second-order valence-electron chi connectivity index (χ2n) is 5.49. The van der Waals surface area contributed by atoms with Crippen LogP contribution in [0.5, 0.6) is 0 Å². The molecule has 102 valence electrons. The lowest BCUT2D eigenvalue weighted by Crippen LogP contribution is -2.44. The maximum atomic E-state index is 11.3. The average Bonchev–Trinajstić information content (AvgIpc) is 2.27. The number of unbranched alkanes of at least 4 members (excludes halogenated alkanes) is 2. The molecule has 0 aromatic carbocycles. The fourth-order valence-electron chi connectivity index (χ4n) is 1.86. The molecule has 1 unspecified atom stereocenters. The molecule has 3 nitrogen and oxygen atoms in total. The Bertz CT molecular complexity index is 228. The zero-order valence-corrected chi connectivity index (χ0v) is 12.1. The molecule has 0 amide bonds. The maximum absolute atomic E-state index is 11.3. The highest BCUT2D eigenvalue weighted by Gasteiger charge is 2.33. The van der Waals surface area contributed by atoms with Gasteiger partial charge in [0.15, 0.2) is 0 Å². The topological polar surface area (TPSA) is 40.5 Å². The van der Waals surface area contributed by atoms with Crippen LogP contribution in [0.15, 0.2) is 0 Å². The molecule has 17 heavy (non-hydrogen) atoms. The van der Waals surface area contributed by atoms with Crippen LogP contribution in [-0.4, -0.2) is 35.1 Å². The molecule has 0 heterocycles. The van der Waals surface area contributed by atoms with Crippen molar-refractivity contribution in [3.8, 4) is 0 Å². The van der Waals surface area contributed by atoms with E-state index in [2.05, 4.69) is 25.7 Å². The molecule has 0 aromatic heterocycles. The summed E-state index contributed by atoms with van der Waals surface area (Å²) in [4.78, 5) is 13.6. The van der Waals surface area contributed by atoms with E-state index in [1.165, 1.54) is 12.8 Å². The Morgan fingerprint density at radius 2 is 1.88 bits per heavy atom. The summed E-state index contributed by atoms with van der Waals surface area (Å²) in [7, 11) is 0. The van der Waals surface area contributed by atoms with E-state index in [4.69, 9.17) is 0 Å². The molecule has 0 rings (SSSR count). The lowest BCUT2D eigenvalue weighted by molar-refractivity contribution is -0.149. The van der Waals surface area contributed by atoms with Gasteiger partial charge in [-0.15, -0.1) is 0 Å². The van der Waals surface area contributed by atoms with Gasteiger partial charge in [-0.1, -0.05) is 26.7 Å². The maximum Gasteiger partial charge on any atom is 0.310 e. The van der Waals surface area contributed by atoms with Crippen molar-refractivity contribution in [1.29, 1.82) is 0 Å². The molecular formula is C14H29NO2. The Kier molecular flexibility index (Phi) is 7.44. The van der Waals surface area contributed by atoms with Gasteiger partial charge in [-0.05, 0) is 40.2 Å². The number of hydrogen-bond donors (Lipinski definition) is 1. The van der Waals surface area contributed by atoms with E-state index < -0.39 is 11.4 Å². The van der Waals surface area contributed by atoms with E-state index in [9.17, 15) is 9.90 Å². The number of carbonyl (C=O) groups is 1. The first-order chi connectivity index (χ1) is 7.87. The van der Waals surface area contributed by atoms with Crippen LogP contribution in [-0.2, 0) is 4.79 Å². The predicted octanol–water partition coefficient (Wildman–Crippen LogP) is 3.39. The third-order valence-corrected chi connectivity index (χ3v) is 3.63. The summed E-state index contributed by atoms with van der Waals surface area (Å²) in [6, 6.07) is 0.414. The molecule has 0 aromatic rings. The molecule has 1 N–H and O–H groups in total. The third kappa shape index (κ3) is 5.53. The summed E-state index contributed by atoms with van der Waals surface area (Å²) in [5.41, 5.74) is -0.615. The van der Waals surface area contributed by atoms with Crippen molar-refractivity contribution in [3.63, 3.8) is 0 Å². The monoisotopic (exact) mass is 243 g/mol. The molecule has 3 heteroatoms. The third-order valence-electron chi connectivity index (χ3n) is 3.63. The van der Waals surface area contributed by atoms with Gasteiger partial charge in [0.1, 0.15) is 0 Å². The van der Waals surface area contributed by atoms with E-state index >= 15 is 0 Å². The largest absolute Gasteiger partial charge is 0.481 e. The Labute approximate surface area is 106 Å². The zero-order valence-electron chi connectivity index (χ0n) is 12.1. The normalized spacial score (nSPS) is 15.2. The lowest BCUT2D eigenvalue weighted by atomic mass is 9.86. The molecular weight excluding hydrogens is 214 g/mol. The van der Waals surface area contributed by atoms with Crippen molar-refractivity contribution < 1.29 is 9.90 Å². The van der Waals surface area contributed by atoms with E-state index in [1.807, 2.05) is 13.8 Å². The van der Waals surface area contributed by atoms with Crippen molar-refractivity contribution >= 4 is 5.97 Å². The second kappa shape index (κ2) is 7.70. The van der Waals surface area contributed by atoms with Gasteiger partial charge in [-0.25, -0.2) is 0 Å². The highest BCUT2D eigenvalue weighted by Crippen LogP contribution is 2.24. The lowest BCUT2D eigenvalue weighted by Gasteiger charge is -2.34. The van der Waals surface area contributed by atoms with E-state index in [1.54, 1.807) is 0 Å². The van der Waals surface area contributed by atoms with Gasteiger partial charge in [0.05, 0.1) is 5.41 Å². The van der Waals surface area contributed by atoms with Gasteiger partial charge >= 0.3 is 5.97 Å². The molecule has 0 aliphatic rings. The van der Waals surface area contributed by atoms with E-state index in [0.717, 1.165) is 13.0 Å². The van der Waals surface area contributed by atoms with Crippen molar-refractivity contribution in [1.82, 2.24) is 4.90 Å². The second-order valence-corrected chi connectivity index (χ2v) is 5.49. The summed E-state index contributed by atoms with van der Waals surface area (Å²) < 4.78 is 0. The molecule has 0 saturated carbocycles. The summed E-state index contributed by atoms with van der Waals surface area (Å²) in [6.07, 6.45) is 4.27. The van der Waals surface area contributed by atoms with Gasteiger partial charge in [0.25, 0.3) is 0 Å². The van der Waals surface area contributed by atoms with Crippen molar-refractivity contribution in [2.24, 2.45) is 5.41 Å². The Morgan fingerprint density at radius 1 is 1.29 bits per heavy atom. The van der Waals surface area contributed by atoms with Crippen LogP contribution in [0.25, 0.3) is 0 Å². The Balaban J connectivity index is 4.46.